The molecule has 12 heteroatoms. The van der Waals surface area contributed by atoms with E-state index in [9.17, 15) is 14.7 Å². The first-order chi connectivity index (χ1) is 19.5. The number of hydrogen-bond donors (Lipinski definition) is 3. The van der Waals surface area contributed by atoms with Crippen molar-refractivity contribution in [2.45, 2.75) is 32.4 Å². The van der Waals surface area contributed by atoms with Gasteiger partial charge in [-0.1, -0.05) is 24.2 Å². The summed E-state index contributed by atoms with van der Waals surface area (Å²) in [6, 6.07) is 8.50. The molecule has 41 heavy (non-hydrogen) atoms. The molecule has 0 aliphatic carbocycles. The maximum Gasteiger partial charge on any atom is 0.260 e. The van der Waals surface area contributed by atoms with Crippen LogP contribution in [0.5, 0.6) is 11.5 Å². The van der Waals surface area contributed by atoms with Gasteiger partial charge in [0.1, 0.15) is 23.0 Å². The minimum atomic E-state index is -0.992. The predicted molar refractivity (Wildman–Crippen MR) is 159 cm³/mol. The number of nitrogens with zero attached hydrogens (tertiary/aromatic N) is 4. The molecule has 214 valence electrons. The average Bonchev–Trinajstić information content (AvgIpc) is 2.96. The van der Waals surface area contributed by atoms with E-state index in [1.807, 2.05) is 6.07 Å². The lowest BCUT2D eigenvalue weighted by Crippen LogP contribution is -2.30. The number of nitrogens with one attached hydrogen (secondary N) is 2. The van der Waals surface area contributed by atoms with Gasteiger partial charge in [-0.15, -0.1) is 0 Å². The molecule has 3 aromatic heterocycles. The maximum atomic E-state index is 14.0. The molecule has 0 fully saturated rings. The molecule has 3 heterocycles. The Morgan fingerprint density at radius 3 is 2.56 bits per heavy atom. The normalized spacial score (nSPS) is 11.3. The molecule has 4 rings (SSSR count). The van der Waals surface area contributed by atoms with Gasteiger partial charge in [-0.2, -0.15) is 4.98 Å². The van der Waals surface area contributed by atoms with Crippen molar-refractivity contribution >= 4 is 40.3 Å². The van der Waals surface area contributed by atoms with Crippen molar-refractivity contribution in [1.82, 2.24) is 19.5 Å². The number of aromatic nitrogens is 4. The van der Waals surface area contributed by atoms with E-state index >= 15 is 0 Å². The van der Waals surface area contributed by atoms with Gasteiger partial charge in [-0.05, 0) is 50.1 Å². The van der Waals surface area contributed by atoms with Crippen LogP contribution in [0.4, 0.5) is 11.8 Å². The van der Waals surface area contributed by atoms with Crippen molar-refractivity contribution in [3.63, 3.8) is 0 Å². The largest absolute Gasteiger partial charge is 0.497 e. The topological polar surface area (TPSA) is 140 Å². The number of hydrogen-bond acceptors (Lipinski definition) is 9. The van der Waals surface area contributed by atoms with Crippen LogP contribution in [0.3, 0.4) is 0 Å². The lowest BCUT2D eigenvalue weighted by atomic mass is 10.0. The molecule has 0 atom stereocenters. The number of rotatable bonds is 11. The highest BCUT2D eigenvalue weighted by Crippen LogP contribution is 2.38. The van der Waals surface area contributed by atoms with Crippen LogP contribution in [0.15, 0.2) is 60.2 Å². The summed E-state index contributed by atoms with van der Waals surface area (Å²) >= 11 is 6.65. The molecule has 0 aliphatic heterocycles. The zero-order valence-corrected chi connectivity index (χ0v) is 24.0. The van der Waals surface area contributed by atoms with Crippen molar-refractivity contribution in [3.05, 3.63) is 76.3 Å². The number of anilines is 2. The first kappa shape index (κ1) is 29.5. The fraction of sp³-hybridized carbons (Fsp3) is 0.276. The van der Waals surface area contributed by atoms with E-state index in [0.717, 1.165) is 11.6 Å². The predicted octanol–water partition coefficient (Wildman–Crippen LogP) is 4.07. The van der Waals surface area contributed by atoms with E-state index in [-0.39, 0.29) is 35.5 Å². The first-order valence-electron chi connectivity index (χ1n) is 12.7. The fourth-order valence-electron chi connectivity index (χ4n) is 4.04. The van der Waals surface area contributed by atoms with Crippen LogP contribution in [-0.2, 0) is 17.8 Å². The van der Waals surface area contributed by atoms with Crippen LogP contribution < -0.4 is 25.7 Å². The molecule has 0 spiro atoms. The van der Waals surface area contributed by atoms with Gasteiger partial charge in [-0.25, -0.2) is 9.97 Å². The number of pyridine rings is 2. The Morgan fingerprint density at radius 2 is 1.93 bits per heavy atom. The number of methoxy groups -OCH3 is 2. The van der Waals surface area contributed by atoms with Gasteiger partial charge in [-0.3, -0.25) is 14.2 Å². The molecule has 1 aromatic carbocycles. The highest BCUT2D eigenvalue weighted by atomic mass is 35.5. The Balaban J connectivity index is 1.80. The number of aliphatic hydroxyl groups is 1. The zero-order chi connectivity index (χ0) is 29.7. The highest BCUT2D eigenvalue weighted by molar-refractivity contribution is 6.35. The summed E-state index contributed by atoms with van der Waals surface area (Å²) in [5.41, 5.74) is 0.680. The Hall–Kier alpha value is -4.48. The quantitative estimate of drug-likeness (QED) is 0.225. The minimum Gasteiger partial charge on any atom is -0.497 e. The Bertz CT molecular complexity index is 1650. The molecule has 0 unspecified atom stereocenters. The molecule has 0 saturated carbocycles. The standard InChI is InChI=1S/C29H31ClN6O5/c1-6-24(37)34-23-8-7-17(14-31-23)9-10-36-26-18(15-32-28(35-26)33-16-29(2,3)39)11-21(27(36)38)20-12-19(40-4)13-22(41-5)25(20)30/h6-8,11-15,39H,1,9-10,16H2,2-5H3,(H,31,34,37)(H,32,33,35). The molecule has 11 nitrogen and oxygen atoms in total. The molecular weight excluding hydrogens is 548 g/mol. The van der Waals surface area contributed by atoms with Gasteiger partial charge in [0.25, 0.3) is 5.56 Å². The zero-order valence-electron chi connectivity index (χ0n) is 23.2. The molecule has 0 radical (unpaired) electrons. The summed E-state index contributed by atoms with van der Waals surface area (Å²) in [5, 5.41) is 16.6. The molecule has 0 saturated heterocycles. The second-order valence-electron chi connectivity index (χ2n) is 9.84. The van der Waals surface area contributed by atoms with Crippen LogP contribution in [0, 0.1) is 0 Å². The number of aryl methyl sites for hydroxylation is 2. The first-order valence-corrected chi connectivity index (χ1v) is 13.1. The summed E-state index contributed by atoms with van der Waals surface area (Å²) in [6.07, 6.45) is 4.84. The Labute approximate surface area is 241 Å². The molecule has 3 N–H and O–H groups in total. The molecule has 0 bridgehead atoms. The smallest absolute Gasteiger partial charge is 0.260 e. The van der Waals surface area contributed by atoms with E-state index < -0.39 is 5.60 Å². The third-order valence-corrected chi connectivity index (χ3v) is 6.54. The number of ether oxygens (including phenoxy) is 2. The molecular formula is C29H31ClN6O5. The van der Waals surface area contributed by atoms with Gasteiger partial charge >= 0.3 is 0 Å². The van der Waals surface area contributed by atoms with E-state index in [2.05, 4.69) is 32.2 Å². The number of benzene rings is 1. The maximum absolute atomic E-state index is 14.0. The third kappa shape index (κ3) is 7.00. The summed E-state index contributed by atoms with van der Waals surface area (Å²) in [6.45, 7) is 7.22. The average molecular weight is 579 g/mol. The number of fused-ring (bicyclic) bond motifs is 1. The fourth-order valence-corrected chi connectivity index (χ4v) is 4.33. The van der Waals surface area contributed by atoms with Gasteiger partial charge in [0, 0.05) is 48.1 Å². The van der Waals surface area contributed by atoms with Crippen LogP contribution in [-0.4, -0.2) is 56.9 Å². The van der Waals surface area contributed by atoms with E-state index in [1.54, 1.807) is 55.1 Å². The number of carbonyl (C=O) groups is 1. The summed E-state index contributed by atoms with van der Waals surface area (Å²) in [4.78, 5) is 38.8. The monoisotopic (exact) mass is 578 g/mol. The van der Waals surface area contributed by atoms with Gasteiger partial charge in [0.15, 0.2) is 0 Å². The van der Waals surface area contributed by atoms with Crippen molar-refractivity contribution in [3.8, 4) is 22.6 Å². The van der Waals surface area contributed by atoms with Crippen LogP contribution in [0.25, 0.3) is 22.2 Å². The lowest BCUT2D eigenvalue weighted by molar-refractivity contribution is -0.111. The Morgan fingerprint density at radius 1 is 1.15 bits per heavy atom. The Kier molecular flexibility index (Phi) is 8.89. The van der Waals surface area contributed by atoms with E-state index in [0.29, 0.717) is 45.9 Å². The number of carbonyl (C=O) groups excluding carboxylic acids is 1. The van der Waals surface area contributed by atoms with Gasteiger partial charge in [0.2, 0.25) is 11.9 Å². The van der Waals surface area contributed by atoms with Gasteiger partial charge in [0.05, 0.1) is 24.8 Å². The van der Waals surface area contributed by atoms with Crippen LogP contribution in [0.2, 0.25) is 5.02 Å². The SMILES string of the molecule is C=CC(=O)Nc1ccc(CCn2c(=O)c(-c3cc(OC)cc(OC)c3Cl)cc3cnc(NCC(C)(C)O)nc32)cn1. The van der Waals surface area contributed by atoms with Crippen molar-refractivity contribution in [1.29, 1.82) is 0 Å². The van der Waals surface area contributed by atoms with E-state index in [4.69, 9.17) is 21.1 Å². The molecule has 0 aliphatic rings. The second kappa shape index (κ2) is 12.4. The van der Waals surface area contributed by atoms with Crippen LogP contribution in [0.1, 0.15) is 19.4 Å². The lowest BCUT2D eigenvalue weighted by Gasteiger charge is -2.18. The second-order valence-corrected chi connectivity index (χ2v) is 10.2. The summed E-state index contributed by atoms with van der Waals surface area (Å²) in [5.74, 6) is 1.14. The summed E-state index contributed by atoms with van der Waals surface area (Å²) in [7, 11) is 3.00. The van der Waals surface area contributed by atoms with Gasteiger partial charge < -0.3 is 25.2 Å². The van der Waals surface area contributed by atoms with Crippen molar-refractivity contribution in [2.24, 2.45) is 0 Å². The minimum absolute atomic E-state index is 0.209. The highest BCUT2D eigenvalue weighted by Gasteiger charge is 2.20. The van der Waals surface area contributed by atoms with Crippen LogP contribution >= 0.6 is 11.6 Å². The molecule has 1 amide bonds. The molecule has 4 aromatic rings. The number of halogens is 1. The van der Waals surface area contributed by atoms with E-state index in [1.165, 1.54) is 14.2 Å². The number of amides is 1. The van der Waals surface area contributed by atoms with Crippen molar-refractivity contribution < 1.29 is 19.4 Å². The van der Waals surface area contributed by atoms with Crippen molar-refractivity contribution in [2.75, 3.05) is 31.4 Å². The summed E-state index contributed by atoms with van der Waals surface area (Å²) < 4.78 is 12.4. The third-order valence-electron chi connectivity index (χ3n) is 6.15.